The molecule has 2 heteroatoms. The Kier molecular flexibility index (Phi) is 4.65. The monoisotopic (exact) mass is 246 g/mol. The number of unbranched alkanes of at least 4 members (excludes halogenated alkanes) is 1. The van der Waals surface area contributed by atoms with E-state index in [4.69, 9.17) is 5.73 Å². The predicted octanol–water partition coefficient (Wildman–Crippen LogP) is 3.67. The lowest BCUT2D eigenvalue weighted by Gasteiger charge is -2.14. The summed E-state index contributed by atoms with van der Waals surface area (Å²) in [4.78, 5) is 0. The molecule has 0 saturated heterocycles. The lowest BCUT2D eigenvalue weighted by molar-refractivity contribution is 0.482. The van der Waals surface area contributed by atoms with Gasteiger partial charge in [0.25, 0.3) is 0 Å². The number of hydrogen-bond donors (Lipinski definition) is 2. The van der Waals surface area contributed by atoms with Gasteiger partial charge in [-0.1, -0.05) is 32.8 Å². The summed E-state index contributed by atoms with van der Waals surface area (Å²) in [6, 6.07) is 6.91. The number of benzene rings is 1. The molecule has 0 fully saturated rings. The van der Waals surface area contributed by atoms with Crippen molar-refractivity contribution in [2.24, 2.45) is 5.92 Å². The number of hydrogen-bond acceptors (Lipinski definition) is 2. The smallest absolute Gasteiger partial charge is 0.0326 e. The normalized spacial score (nSPS) is 18.3. The van der Waals surface area contributed by atoms with Gasteiger partial charge in [0.1, 0.15) is 0 Å². The number of fused-ring (bicyclic) bond motifs is 1. The van der Waals surface area contributed by atoms with Crippen LogP contribution in [0.5, 0.6) is 0 Å². The van der Waals surface area contributed by atoms with Crippen molar-refractivity contribution in [3.63, 3.8) is 0 Å². The van der Waals surface area contributed by atoms with Crippen LogP contribution in [-0.4, -0.2) is 6.54 Å². The van der Waals surface area contributed by atoms with Gasteiger partial charge in [0.05, 0.1) is 0 Å². The Labute approximate surface area is 111 Å². The molecule has 0 aromatic heterocycles. The number of nitrogens with one attached hydrogen (secondary N) is 1. The van der Waals surface area contributed by atoms with Crippen LogP contribution in [0, 0.1) is 5.92 Å². The van der Waals surface area contributed by atoms with Crippen LogP contribution in [0.1, 0.15) is 56.7 Å². The Morgan fingerprint density at radius 2 is 2.17 bits per heavy atom. The summed E-state index contributed by atoms with van der Waals surface area (Å²) in [7, 11) is 0. The summed E-state index contributed by atoms with van der Waals surface area (Å²) >= 11 is 0. The predicted molar refractivity (Wildman–Crippen MR) is 78.6 cm³/mol. The van der Waals surface area contributed by atoms with Crippen molar-refractivity contribution in [3.8, 4) is 0 Å². The summed E-state index contributed by atoms with van der Waals surface area (Å²) in [5.74, 6) is 0.834. The highest BCUT2D eigenvalue weighted by Gasteiger charge is 2.21. The van der Waals surface area contributed by atoms with Gasteiger partial charge in [0, 0.05) is 11.7 Å². The average Bonchev–Trinajstić information content (AvgIpc) is 2.70. The maximum atomic E-state index is 5.82. The number of nitrogens with two attached hydrogens (primary N) is 1. The van der Waals surface area contributed by atoms with Gasteiger partial charge in [-0.15, -0.1) is 0 Å². The van der Waals surface area contributed by atoms with Crippen LogP contribution in [0.25, 0.3) is 0 Å². The van der Waals surface area contributed by atoms with Gasteiger partial charge in [-0.25, -0.2) is 0 Å². The summed E-state index contributed by atoms with van der Waals surface area (Å²) in [6.07, 6.45) is 6.37. The summed E-state index contributed by atoms with van der Waals surface area (Å²) < 4.78 is 0. The number of nitrogen functional groups attached to an aromatic ring is 1. The number of rotatable bonds is 6. The zero-order valence-electron chi connectivity index (χ0n) is 11.7. The summed E-state index contributed by atoms with van der Waals surface area (Å²) in [5, 5.41) is 3.69. The second-order valence-corrected chi connectivity index (χ2v) is 5.89. The van der Waals surface area contributed by atoms with Crippen LogP contribution in [-0.2, 0) is 6.42 Å². The molecule has 2 rings (SSSR count). The number of anilines is 1. The van der Waals surface area contributed by atoms with Crippen molar-refractivity contribution in [2.75, 3.05) is 12.3 Å². The van der Waals surface area contributed by atoms with E-state index in [1.54, 1.807) is 0 Å². The Balaban J connectivity index is 1.76. The Morgan fingerprint density at radius 1 is 1.33 bits per heavy atom. The van der Waals surface area contributed by atoms with E-state index in [9.17, 15) is 0 Å². The molecule has 1 aromatic carbocycles. The first-order chi connectivity index (χ1) is 8.66. The highest BCUT2D eigenvalue weighted by Crippen LogP contribution is 2.32. The molecule has 0 heterocycles. The molecule has 18 heavy (non-hydrogen) atoms. The van der Waals surface area contributed by atoms with Gasteiger partial charge in [-0.05, 0) is 55.0 Å². The Hall–Kier alpha value is -1.02. The molecule has 2 nitrogen and oxygen atoms in total. The van der Waals surface area contributed by atoms with E-state index < -0.39 is 0 Å². The minimum absolute atomic E-state index is 0.555. The first-order valence-electron chi connectivity index (χ1n) is 7.28. The maximum Gasteiger partial charge on any atom is 0.0326 e. The molecule has 1 aliphatic carbocycles. The van der Waals surface area contributed by atoms with Gasteiger partial charge in [0.2, 0.25) is 0 Å². The molecule has 0 spiro atoms. The first-order valence-corrected chi connectivity index (χ1v) is 7.28. The van der Waals surface area contributed by atoms with Crippen molar-refractivity contribution in [1.82, 2.24) is 5.32 Å². The second kappa shape index (κ2) is 6.24. The van der Waals surface area contributed by atoms with Crippen molar-refractivity contribution < 1.29 is 0 Å². The zero-order chi connectivity index (χ0) is 13.0. The molecule has 0 bridgehead atoms. The zero-order valence-corrected chi connectivity index (χ0v) is 11.7. The molecule has 0 aliphatic heterocycles. The Bertz CT molecular complexity index is 385. The van der Waals surface area contributed by atoms with E-state index >= 15 is 0 Å². The van der Waals surface area contributed by atoms with Gasteiger partial charge in [-0.3, -0.25) is 0 Å². The van der Waals surface area contributed by atoms with E-state index in [0.717, 1.165) is 18.2 Å². The summed E-state index contributed by atoms with van der Waals surface area (Å²) in [6.45, 7) is 5.73. The average molecular weight is 246 g/mol. The molecular weight excluding hydrogens is 220 g/mol. The topological polar surface area (TPSA) is 38.0 Å². The van der Waals surface area contributed by atoms with Gasteiger partial charge >= 0.3 is 0 Å². The third-order valence-corrected chi connectivity index (χ3v) is 3.84. The quantitative estimate of drug-likeness (QED) is 0.593. The van der Waals surface area contributed by atoms with Crippen LogP contribution in [0.3, 0.4) is 0 Å². The molecule has 0 amide bonds. The van der Waals surface area contributed by atoms with Crippen LogP contribution in [0.15, 0.2) is 18.2 Å². The highest BCUT2D eigenvalue weighted by atomic mass is 14.9. The van der Waals surface area contributed by atoms with Gasteiger partial charge in [-0.2, -0.15) is 0 Å². The Morgan fingerprint density at radius 3 is 2.94 bits per heavy atom. The van der Waals surface area contributed by atoms with Crippen molar-refractivity contribution in [1.29, 1.82) is 0 Å². The summed E-state index contributed by atoms with van der Waals surface area (Å²) in [5.41, 5.74) is 9.62. The third-order valence-electron chi connectivity index (χ3n) is 3.84. The van der Waals surface area contributed by atoms with Crippen LogP contribution >= 0.6 is 0 Å². The fourth-order valence-corrected chi connectivity index (χ4v) is 2.80. The van der Waals surface area contributed by atoms with E-state index in [-0.39, 0.29) is 0 Å². The van der Waals surface area contributed by atoms with Gasteiger partial charge in [0.15, 0.2) is 0 Å². The fraction of sp³-hybridized carbons (Fsp3) is 0.625. The minimum Gasteiger partial charge on any atom is -0.399 e. The molecule has 3 N–H and O–H groups in total. The SMILES string of the molecule is CC(C)CCCCNC1CCc2cc(N)ccc21. The molecule has 1 unspecified atom stereocenters. The lowest BCUT2D eigenvalue weighted by Crippen LogP contribution is -2.20. The lowest BCUT2D eigenvalue weighted by atomic mass is 10.1. The second-order valence-electron chi connectivity index (χ2n) is 5.89. The van der Waals surface area contributed by atoms with E-state index in [1.165, 1.54) is 43.2 Å². The molecule has 0 radical (unpaired) electrons. The van der Waals surface area contributed by atoms with Crippen LogP contribution < -0.4 is 11.1 Å². The van der Waals surface area contributed by atoms with E-state index in [1.807, 2.05) is 6.07 Å². The maximum absolute atomic E-state index is 5.82. The molecule has 100 valence electrons. The first kappa shape index (κ1) is 13.4. The fourth-order valence-electron chi connectivity index (χ4n) is 2.80. The molecule has 1 atom stereocenters. The van der Waals surface area contributed by atoms with Crippen molar-refractivity contribution >= 4 is 5.69 Å². The van der Waals surface area contributed by atoms with E-state index in [0.29, 0.717) is 6.04 Å². The van der Waals surface area contributed by atoms with Crippen LogP contribution in [0.4, 0.5) is 5.69 Å². The highest BCUT2D eigenvalue weighted by molar-refractivity contribution is 5.47. The molecule has 1 aromatic rings. The minimum atomic E-state index is 0.555. The molecule has 1 aliphatic rings. The van der Waals surface area contributed by atoms with Crippen molar-refractivity contribution in [2.45, 2.75) is 52.0 Å². The third kappa shape index (κ3) is 3.49. The molecule has 0 saturated carbocycles. The van der Waals surface area contributed by atoms with Gasteiger partial charge < -0.3 is 11.1 Å². The van der Waals surface area contributed by atoms with E-state index in [2.05, 4.69) is 31.3 Å². The number of aryl methyl sites for hydroxylation is 1. The standard InChI is InChI=1S/C16H26N2/c1-12(2)5-3-4-10-18-16-9-6-13-11-14(17)7-8-15(13)16/h7-8,11-12,16,18H,3-6,9-10,17H2,1-2H3. The molecular formula is C16H26N2. The van der Waals surface area contributed by atoms with Crippen LogP contribution in [0.2, 0.25) is 0 Å². The largest absolute Gasteiger partial charge is 0.399 e. The van der Waals surface area contributed by atoms with Crippen molar-refractivity contribution in [3.05, 3.63) is 29.3 Å².